The number of nitrogens with one attached hydrogen (secondary N) is 1. The summed E-state index contributed by atoms with van der Waals surface area (Å²) in [6.45, 7) is 0. The zero-order valence-electron chi connectivity index (χ0n) is 11.8. The maximum atomic E-state index is 12.6. The van der Waals surface area contributed by atoms with E-state index in [2.05, 4.69) is 9.97 Å². The number of carboxylic acid groups (broad SMARTS) is 1. The van der Waals surface area contributed by atoms with E-state index in [0.29, 0.717) is 12.1 Å². The van der Waals surface area contributed by atoms with E-state index in [0.717, 1.165) is 5.56 Å². The molecule has 0 fully saturated rings. The number of carboxylic acids is 1. The first-order valence-electron chi connectivity index (χ1n) is 6.80. The molecule has 1 unspecified atom stereocenters. The number of hydrogen-bond donors (Lipinski definition) is 4. The predicted octanol–water partition coefficient (Wildman–Crippen LogP) is 0.0443. The van der Waals surface area contributed by atoms with E-state index < -0.39 is 29.8 Å². The van der Waals surface area contributed by atoms with Gasteiger partial charge in [0.2, 0.25) is 0 Å². The van der Waals surface area contributed by atoms with Crippen LogP contribution in [0, 0.1) is 0 Å². The topological polar surface area (TPSA) is 135 Å². The van der Waals surface area contributed by atoms with Gasteiger partial charge >= 0.3 is 5.97 Å². The van der Waals surface area contributed by atoms with Gasteiger partial charge in [0.25, 0.3) is 0 Å². The second kappa shape index (κ2) is 6.97. The summed E-state index contributed by atoms with van der Waals surface area (Å²) in [7, 11) is 0. The van der Waals surface area contributed by atoms with Crippen molar-refractivity contribution in [3.8, 4) is 0 Å². The summed E-state index contributed by atoms with van der Waals surface area (Å²) in [4.78, 5) is 30.3. The quantitative estimate of drug-likeness (QED) is 0.570. The highest BCUT2D eigenvalue weighted by Gasteiger charge is 2.35. The van der Waals surface area contributed by atoms with Crippen molar-refractivity contribution >= 4 is 11.8 Å². The van der Waals surface area contributed by atoms with Gasteiger partial charge in [0.1, 0.15) is 6.04 Å². The number of hydrogen-bond acceptors (Lipinski definition) is 5. The maximum absolute atomic E-state index is 12.6. The Morgan fingerprint density at radius 2 is 1.91 bits per heavy atom. The molecule has 116 valence electrons. The van der Waals surface area contributed by atoms with Gasteiger partial charge in [-0.2, -0.15) is 0 Å². The van der Waals surface area contributed by atoms with Gasteiger partial charge in [0.05, 0.1) is 18.3 Å². The molecule has 0 aliphatic heterocycles. The van der Waals surface area contributed by atoms with Gasteiger partial charge in [-0.05, 0) is 12.0 Å². The Labute approximate surface area is 127 Å². The van der Waals surface area contributed by atoms with Crippen molar-refractivity contribution in [3.05, 3.63) is 54.1 Å². The fraction of sp³-hybridized carbons (Fsp3) is 0.267. The van der Waals surface area contributed by atoms with Crippen LogP contribution in [0.2, 0.25) is 0 Å². The van der Waals surface area contributed by atoms with E-state index in [1.54, 1.807) is 0 Å². The molecule has 0 aliphatic carbocycles. The number of Topliss-reactive ketones (excluding diaryl/α,β-unsaturated/α-hetero) is 1. The lowest BCUT2D eigenvalue weighted by Crippen LogP contribution is -2.47. The average Bonchev–Trinajstić information content (AvgIpc) is 3.02. The molecule has 7 heteroatoms. The van der Waals surface area contributed by atoms with Crippen molar-refractivity contribution in [2.45, 2.75) is 24.4 Å². The molecule has 1 heterocycles. The van der Waals surface area contributed by atoms with Crippen molar-refractivity contribution in [2.75, 3.05) is 0 Å². The lowest BCUT2D eigenvalue weighted by Gasteiger charge is -2.22. The van der Waals surface area contributed by atoms with E-state index in [9.17, 15) is 9.59 Å². The molecule has 2 aromatic rings. The molecular weight excluding hydrogens is 284 g/mol. The molecule has 0 radical (unpaired) electrons. The summed E-state index contributed by atoms with van der Waals surface area (Å²) in [6, 6.07) is 7.05. The van der Waals surface area contributed by atoms with Crippen molar-refractivity contribution in [3.63, 3.8) is 0 Å². The molecule has 0 bridgehead atoms. The zero-order chi connectivity index (χ0) is 16.1. The maximum Gasteiger partial charge on any atom is 0.321 e. The summed E-state index contributed by atoms with van der Waals surface area (Å²) in [5.41, 5.74) is 12.9. The molecule has 2 rings (SSSR count). The average molecular weight is 302 g/mol. The second-order valence-electron chi connectivity index (χ2n) is 5.05. The minimum Gasteiger partial charge on any atom is -0.480 e. The summed E-state index contributed by atoms with van der Waals surface area (Å²) in [5.74, 6) is -2.75. The highest BCUT2D eigenvalue weighted by Crippen LogP contribution is 2.20. The predicted molar refractivity (Wildman–Crippen MR) is 80.1 cm³/mol. The molecule has 0 aliphatic rings. The first kappa shape index (κ1) is 15.9. The minimum absolute atomic E-state index is 0.316. The monoisotopic (exact) mass is 302 g/mol. The van der Waals surface area contributed by atoms with Crippen LogP contribution in [-0.2, 0) is 16.0 Å². The Bertz CT molecular complexity index is 628. The number of rotatable bonds is 7. The van der Waals surface area contributed by atoms with Crippen molar-refractivity contribution in [1.82, 2.24) is 9.97 Å². The number of ketones is 1. The third kappa shape index (κ3) is 3.57. The van der Waals surface area contributed by atoms with Crippen LogP contribution in [0.4, 0.5) is 0 Å². The number of H-pyrrole nitrogens is 1. The molecule has 3 atom stereocenters. The minimum atomic E-state index is -1.38. The lowest BCUT2D eigenvalue weighted by molar-refractivity contribution is -0.141. The van der Waals surface area contributed by atoms with Gasteiger partial charge in [0.15, 0.2) is 5.78 Å². The standard InChI is InChI=1S/C15H18N4O3/c16-10(6-9-4-2-1-3-5-9)14(20)12(13(17)15(21)22)11-7-18-8-19-11/h1-5,7-8,10,12-13H,6,16-17H2,(H,18,19)(H,21,22)/t10-,12?,13-/m0/s1. The highest BCUT2D eigenvalue weighted by atomic mass is 16.4. The molecule has 7 nitrogen and oxygen atoms in total. The third-order valence-corrected chi connectivity index (χ3v) is 3.47. The molecule has 0 saturated carbocycles. The Balaban J connectivity index is 2.20. The number of carbonyl (C=O) groups is 2. The molecule has 0 spiro atoms. The highest BCUT2D eigenvalue weighted by molar-refractivity contribution is 5.95. The van der Waals surface area contributed by atoms with E-state index in [4.69, 9.17) is 16.6 Å². The van der Waals surface area contributed by atoms with Gasteiger partial charge in [-0.3, -0.25) is 9.59 Å². The van der Waals surface area contributed by atoms with Gasteiger partial charge in [-0.15, -0.1) is 0 Å². The zero-order valence-corrected chi connectivity index (χ0v) is 11.8. The van der Waals surface area contributed by atoms with Gasteiger partial charge in [-0.1, -0.05) is 30.3 Å². The van der Waals surface area contributed by atoms with E-state index in [-0.39, 0.29) is 0 Å². The van der Waals surface area contributed by atoms with Crippen LogP contribution in [0.5, 0.6) is 0 Å². The molecule has 1 aromatic heterocycles. The number of carbonyl (C=O) groups excluding carboxylic acids is 1. The van der Waals surface area contributed by atoms with Gasteiger partial charge in [-0.25, -0.2) is 4.98 Å². The number of benzene rings is 1. The first-order chi connectivity index (χ1) is 10.5. The van der Waals surface area contributed by atoms with E-state index in [1.165, 1.54) is 12.5 Å². The number of aromatic amines is 1. The Kier molecular flexibility index (Phi) is 5.03. The number of nitrogens with two attached hydrogens (primary N) is 2. The fourth-order valence-electron chi connectivity index (χ4n) is 2.30. The van der Waals surface area contributed by atoms with Crippen LogP contribution in [-0.4, -0.2) is 38.9 Å². The summed E-state index contributed by atoms with van der Waals surface area (Å²) < 4.78 is 0. The summed E-state index contributed by atoms with van der Waals surface area (Å²) in [6.07, 6.45) is 3.07. The normalized spacial score (nSPS) is 15.0. The van der Waals surface area contributed by atoms with E-state index in [1.807, 2.05) is 30.3 Å². The fourth-order valence-corrected chi connectivity index (χ4v) is 2.30. The van der Waals surface area contributed by atoms with Crippen LogP contribution in [0.3, 0.4) is 0 Å². The van der Waals surface area contributed by atoms with Gasteiger partial charge in [0, 0.05) is 11.9 Å². The summed E-state index contributed by atoms with van der Waals surface area (Å²) >= 11 is 0. The number of imidazole rings is 1. The lowest BCUT2D eigenvalue weighted by atomic mass is 9.87. The molecule has 0 amide bonds. The van der Waals surface area contributed by atoms with Crippen molar-refractivity contribution in [1.29, 1.82) is 0 Å². The molecule has 6 N–H and O–H groups in total. The first-order valence-corrected chi connectivity index (χ1v) is 6.80. The largest absolute Gasteiger partial charge is 0.480 e. The smallest absolute Gasteiger partial charge is 0.321 e. The van der Waals surface area contributed by atoms with Crippen molar-refractivity contribution < 1.29 is 14.7 Å². The Morgan fingerprint density at radius 1 is 1.23 bits per heavy atom. The molecular formula is C15H18N4O3. The van der Waals surface area contributed by atoms with Crippen LogP contribution in [0.15, 0.2) is 42.9 Å². The van der Waals surface area contributed by atoms with Crippen LogP contribution in [0.25, 0.3) is 0 Å². The molecule has 22 heavy (non-hydrogen) atoms. The SMILES string of the molecule is N[C@H](C(=O)O)C(C(=O)[C@@H](N)Cc1ccccc1)c1cnc[nH]1. The van der Waals surface area contributed by atoms with Gasteiger partial charge < -0.3 is 21.6 Å². The molecule has 1 aromatic carbocycles. The van der Waals surface area contributed by atoms with Crippen LogP contribution in [0.1, 0.15) is 17.2 Å². The summed E-state index contributed by atoms with van der Waals surface area (Å²) in [5, 5.41) is 9.12. The Hall–Kier alpha value is -2.51. The van der Waals surface area contributed by atoms with Crippen LogP contribution < -0.4 is 11.5 Å². The third-order valence-electron chi connectivity index (χ3n) is 3.47. The second-order valence-corrected chi connectivity index (χ2v) is 5.05. The van der Waals surface area contributed by atoms with Crippen molar-refractivity contribution in [2.24, 2.45) is 11.5 Å². The van der Waals surface area contributed by atoms with E-state index >= 15 is 0 Å². The molecule has 0 saturated heterocycles. The van der Waals surface area contributed by atoms with Crippen LogP contribution >= 0.6 is 0 Å². The number of nitrogens with zero attached hydrogens (tertiary/aromatic N) is 1. The number of aromatic nitrogens is 2. The number of aliphatic carboxylic acids is 1. The Morgan fingerprint density at radius 3 is 2.45 bits per heavy atom.